The lowest BCUT2D eigenvalue weighted by Crippen LogP contribution is -2.60. The van der Waals surface area contributed by atoms with Gasteiger partial charge in [-0.1, -0.05) is 18.9 Å². The summed E-state index contributed by atoms with van der Waals surface area (Å²) in [6.07, 6.45) is 3.31. The van der Waals surface area contributed by atoms with Gasteiger partial charge < -0.3 is 20.5 Å². The van der Waals surface area contributed by atoms with Crippen LogP contribution in [0, 0.1) is 0 Å². The van der Waals surface area contributed by atoms with Crippen molar-refractivity contribution >= 4 is 11.6 Å². The fourth-order valence-electron chi connectivity index (χ4n) is 2.90. The summed E-state index contributed by atoms with van der Waals surface area (Å²) in [6.45, 7) is 0. The normalized spacial score (nSPS) is 26.0. The molecule has 0 saturated heterocycles. The first kappa shape index (κ1) is 14.7. The molecule has 110 valence electrons. The van der Waals surface area contributed by atoms with Crippen LogP contribution in [0.15, 0.2) is 24.3 Å². The van der Waals surface area contributed by atoms with E-state index in [1.807, 2.05) is 24.3 Å². The average molecular weight is 278 g/mol. The van der Waals surface area contributed by atoms with E-state index in [9.17, 15) is 4.79 Å². The zero-order valence-electron chi connectivity index (χ0n) is 12.0. The smallest absolute Gasteiger partial charge is 0.245 e. The first-order valence-electron chi connectivity index (χ1n) is 6.87. The number of amides is 1. The Morgan fingerprint density at radius 2 is 2.20 bits per heavy atom. The van der Waals surface area contributed by atoms with Gasteiger partial charge in [0.05, 0.1) is 13.2 Å². The van der Waals surface area contributed by atoms with Crippen molar-refractivity contribution < 1.29 is 14.3 Å². The van der Waals surface area contributed by atoms with Crippen LogP contribution >= 0.6 is 0 Å². The monoisotopic (exact) mass is 278 g/mol. The molecule has 0 radical (unpaired) electrons. The topological polar surface area (TPSA) is 73.6 Å². The lowest BCUT2D eigenvalue weighted by Gasteiger charge is -2.42. The standard InChI is InChI=1S/C15H22N2O3/c1-19-12-7-5-6-11(10-12)17-15(14(16)18)9-4-3-8-13(15)20-2/h5-7,10,13,17H,3-4,8-9H2,1-2H3,(H2,16,18). The fraction of sp³-hybridized carbons (Fsp3) is 0.533. The van der Waals surface area contributed by atoms with Crippen LogP contribution in [0.3, 0.4) is 0 Å². The molecule has 2 atom stereocenters. The number of primary amides is 1. The number of rotatable bonds is 5. The van der Waals surface area contributed by atoms with E-state index >= 15 is 0 Å². The summed E-state index contributed by atoms with van der Waals surface area (Å²) >= 11 is 0. The highest BCUT2D eigenvalue weighted by Gasteiger charge is 2.46. The fourth-order valence-corrected chi connectivity index (χ4v) is 2.90. The Bertz CT molecular complexity index is 478. The third-order valence-corrected chi connectivity index (χ3v) is 4.00. The molecule has 1 fully saturated rings. The van der Waals surface area contributed by atoms with E-state index in [1.54, 1.807) is 14.2 Å². The van der Waals surface area contributed by atoms with Crippen LogP contribution in [0.1, 0.15) is 25.7 Å². The molecule has 5 heteroatoms. The average Bonchev–Trinajstić information content (AvgIpc) is 2.47. The number of benzene rings is 1. The summed E-state index contributed by atoms with van der Waals surface area (Å²) < 4.78 is 10.7. The predicted octanol–water partition coefficient (Wildman–Crippen LogP) is 1.92. The number of nitrogens with one attached hydrogen (secondary N) is 1. The van der Waals surface area contributed by atoms with Crippen LogP contribution in [-0.4, -0.2) is 31.8 Å². The number of carbonyl (C=O) groups excluding carboxylic acids is 1. The van der Waals surface area contributed by atoms with Crippen molar-refractivity contribution in [3.05, 3.63) is 24.3 Å². The van der Waals surface area contributed by atoms with E-state index in [4.69, 9.17) is 15.2 Å². The third-order valence-electron chi connectivity index (χ3n) is 4.00. The molecule has 0 aromatic heterocycles. The van der Waals surface area contributed by atoms with Gasteiger partial charge in [0, 0.05) is 18.9 Å². The second-order valence-electron chi connectivity index (χ2n) is 5.16. The maximum Gasteiger partial charge on any atom is 0.245 e. The Morgan fingerprint density at radius 3 is 2.85 bits per heavy atom. The summed E-state index contributed by atoms with van der Waals surface area (Å²) in [5.74, 6) is 0.367. The molecule has 1 aliphatic carbocycles. The molecule has 0 aliphatic heterocycles. The predicted molar refractivity (Wildman–Crippen MR) is 77.8 cm³/mol. The number of carbonyl (C=O) groups is 1. The lowest BCUT2D eigenvalue weighted by atomic mass is 9.78. The van der Waals surface area contributed by atoms with Gasteiger partial charge in [-0.05, 0) is 25.0 Å². The molecule has 2 rings (SSSR count). The molecule has 0 bridgehead atoms. The van der Waals surface area contributed by atoms with Gasteiger partial charge in [-0.15, -0.1) is 0 Å². The highest BCUT2D eigenvalue weighted by Crippen LogP contribution is 2.34. The molecule has 1 aliphatic rings. The largest absolute Gasteiger partial charge is 0.497 e. The lowest BCUT2D eigenvalue weighted by molar-refractivity contribution is -0.129. The molecular formula is C15H22N2O3. The van der Waals surface area contributed by atoms with Crippen LogP contribution in [0.2, 0.25) is 0 Å². The van der Waals surface area contributed by atoms with Crippen molar-refractivity contribution in [1.82, 2.24) is 0 Å². The molecule has 2 unspecified atom stereocenters. The van der Waals surface area contributed by atoms with Gasteiger partial charge in [0.1, 0.15) is 11.3 Å². The second kappa shape index (κ2) is 6.13. The third kappa shape index (κ3) is 2.72. The molecule has 0 spiro atoms. The summed E-state index contributed by atoms with van der Waals surface area (Å²) in [5.41, 5.74) is 5.64. The summed E-state index contributed by atoms with van der Waals surface area (Å²) in [5, 5.41) is 3.29. The molecule has 5 nitrogen and oxygen atoms in total. The molecule has 1 saturated carbocycles. The van der Waals surface area contributed by atoms with Crippen molar-refractivity contribution in [2.45, 2.75) is 37.3 Å². The maximum absolute atomic E-state index is 12.1. The van der Waals surface area contributed by atoms with Gasteiger partial charge in [0.2, 0.25) is 5.91 Å². The van der Waals surface area contributed by atoms with Gasteiger partial charge in [0.15, 0.2) is 0 Å². The number of hydrogen-bond donors (Lipinski definition) is 2. The quantitative estimate of drug-likeness (QED) is 0.863. The van der Waals surface area contributed by atoms with Crippen LogP contribution in [-0.2, 0) is 9.53 Å². The van der Waals surface area contributed by atoms with Gasteiger partial charge in [-0.25, -0.2) is 0 Å². The van der Waals surface area contributed by atoms with Crippen LogP contribution in [0.5, 0.6) is 5.75 Å². The van der Waals surface area contributed by atoms with Gasteiger partial charge in [-0.2, -0.15) is 0 Å². The Balaban J connectivity index is 2.30. The van der Waals surface area contributed by atoms with Gasteiger partial charge in [0.25, 0.3) is 0 Å². The summed E-state index contributed by atoms with van der Waals surface area (Å²) in [7, 11) is 3.24. The Morgan fingerprint density at radius 1 is 1.40 bits per heavy atom. The molecule has 0 heterocycles. The molecule has 3 N–H and O–H groups in total. The molecule has 1 aromatic carbocycles. The minimum absolute atomic E-state index is 0.208. The molecule has 1 aromatic rings. The zero-order chi connectivity index (χ0) is 14.6. The van der Waals surface area contributed by atoms with Crippen molar-refractivity contribution in [3.63, 3.8) is 0 Å². The highest BCUT2D eigenvalue weighted by atomic mass is 16.5. The van der Waals surface area contributed by atoms with E-state index in [0.717, 1.165) is 30.7 Å². The Labute approximate surface area is 119 Å². The highest BCUT2D eigenvalue weighted by molar-refractivity contribution is 5.89. The Kier molecular flexibility index (Phi) is 4.49. The van der Waals surface area contributed by atoms with Gasteiger partial charge in [-0.3, -0.25) is 4.79 Å². The maximum atomic E-state index is 12.1. The second-order valence-corrected chi connectivity index (χ2v) is 5.16. The molecular weight excluding hydrogens is 256 g/mol. The minimum Gasteiger partial charge on any atom is -0.497 e. The van der Waals surface area contributed by atoms with Crippen molar-refractivity contribution in [1.29, 1.82) is 0 Å². The van der Waals surface area contributed by atoms with E-state index in [2.05, 4.69) is 5.32 Å². The number of nitrogens with two attached hydrogens (primary N) is 1. The SMILES string of the molecule is COc1cccc(NC2(C(N)=O)CCCCC2OC)c1. The molecule has 1 amide bonds. The van der Waals surface area contributed by atoms with Gasteiger partial charge >= 0.3 is 0 Å². The number of methoxy groups -OCH3 is 2. The van der Waals surface area contributed by atoms with E-state index in [0.29, 0.717) is 6.42 Å². The van der Waals surface area contributed by atoms with Crippen molar-refractivity contribution in [2.24, 2.45) is 5.73 Å². The first-order valence-corrected chi connectivity index (χ1v) is 6.87. The summed E-state index contributed by atoms with van der Waals surface area (Å²) in [4.78, 5) is 12.1. The van der Waals surface area contributed by atoms with Crippen molar-refractivity contribution in [2.75, 3.05) is 19.5 Å². The van der Waals surface area contributed by atoms with E-state index in [1.165, 1.54) is 0 Å². The van der Waals surface area contributed by atoms with Crippen LogP contribution in [0.25, 0.3) is 0 Å². The Hall–Kier alpha value is -1.75. The number of ether oxygens (including phenoxy) is 2. The molecule has 20 heavy (non-hydrogen) atoms. The van der Waals surface area contributed by atoms with Crippen LogP contribution < -0.4 is 15.8 Å². The van der Waals surface area contributed by atoms with Crippen molar-refractivity contribution in [3.8, 4) is 5.75 Å². The number of hydrogen-bond acceptors (Lipinski definition) is 4. The number of anilines is 1. The van der Waals surface area contributed by atoms with E-state index in [-0.39, 0.29) is 12.0 Å². The minimum atomic E-state index is -0.848. The van der Waals surface area contributed by atoms with Crippen LogP contribution in [0.4, 0.5) is 5.69 Å². The summed E-state index contributed by atoms with van der Waals surface area (Å²) in [6, 6.07) is 7.48. The first-order chi connectivity index (χ1) is 9.62. The van der Waals surface area contributed by atoms with E-state index < -0.39 is 5.54 Å². The zero-order valence-corrected chi connectivity index (χ0v) is 12.0.